The SMILES string of the molecule is COc1ccc2ccnc(-n3cccc3/C(N)=N/O)c2c1. The second kappa shape index (κ2) is 5.16. The molecule has 0 atom stereocenters. The number of oxime groups is 1. The number of amidine groups is 1. The molecule has 3 aromatic rings. The molecule has 0 aliphatic rings. The van der Waals surface area contributed by atoms with Gasteiger partial charge in [0, 0.05) is 17.8 Å². The summed E-state index contributed by atoms with van der Waals surface area (Å²) in [5.74, 6) is 1.47. The first-order chi connectivity index (χ1) is 10.2. The average molecular weight is 282 g/mol. The molecule has 106 valence electrons. The molecule has 2 heterocycles. The Morgan fingerprint density at radius 3 is 2.95 bits per heavy atom. The lowest BCUT2D eigenvalue weighted by molar-refractivity contribution is 0.318. The zero-order valence-electron chi connectivity index (χ0n) is 11.4. The van der Waals surface area contributed by atoms with Crippen LogP contribution >= 0.6 is 0 Å². The Morgan fingerprint density at radius 1 is 1.33 bits per heavy atom. The van der Waals surface area contributed by atoms with E-state index >= 15 is 0 Å². The van der Waals surface area contributed by atoms with E-state index in [0.29, 0.717) is 11.5 Å². The predicted octanol–water partition coefficient (Wildman–Crippen LogP) is 2.13. The van der Waals surface area contributed by atoms with Crippen molar-refractivity contribution in [1.29, 1.82) is 0 Å². The first-order valence-corrected chi connectivity index (χ1v) is 6.33. The normalized spacial score (nSPS) is 11.8. The molecule has 3 N–H and O–H groups in total. The van der Waals surface area contributed by atoms with Gasteiger partial charge in [0.1, 0.15) is 11.6 Å². The molecule has 0 radical (unpaired) electrons. The molecule has 0 bridgehead atoms. The number of methoxy groups -OCH3 is 1. The molecular formula is C15H14N4O2. The number of nitrogens with two attached hydrogens (primary N) is 1. The summed E-state index contributed by atoms with van der Waals surface area (Å²) in [6.07, 6.45) is 3.54. The lowest BCUT2D eigenvalue weighted by Gasteiger charge is -2.11. The molecule has 0 spiro atoms. The van der Waals surface area contributed by atoms with Crippen LogP contribution in [0.5, 0.6) is 5.75 Å². The number of nitrogens with zero attached hydrogens (tertiary/aromatic N) is 3. The maximum absolute atomic E-state index is 8.88. The van der Waals surface area contributed by atoms with Crippen LogP contribution in [0.15, 0.2) is 53.9 Å². The Kier molecular flexibility index (Phi) is 3.19. The maximum atomic E-state index is 8.88. The first kappa shape index (κ1) is 13.0. The van der Waals surface area contributed by atoms with Crippen LogP contribution in [-0.4, -0.2) is 27.7 Å². The second-order valence-electron chi connectivity index (χ2n) is 4.47. The number of pyridine rings is 1. The zero-order chi connectivity index (χ0) is 14.8. The first-order valence-electron chi connectivity index (χ1n) is 6.33. The van der Waals surface area contributed by atoms with Crippen molar-refractivity contribution in [2.24, 2.45) is 10.9 Å². The number of ether oxygens (including phenoxy) is 1. The van der Waals surface area contributed by atoms with E-state index in [-0.39, 0.29) is 5.84 Å². The Bertz CT molecular complexity index is 823. The fourth-order valence-electron chi connectivity index (χ4n) is 2.28. The minimum atomic E-state index is 0.0294. The van der Waals surface area contributed by atoms with Gasteiger partial charge in [-0.1, -0.05) is 11.2 Å². The standard InChI is InChI=1S/C15H14N4O2/c1-21-11-5-4-10-6-7-17-15(12(10)9-11)19-8-2-3-13(19)14(16)18-20/h2-9,20H,1H3,(H2,16,18). The van der Waals surface area contributed by atoms with E-state index in [9.17, 15) is 0 Å². The summed E-state index contributed by atoms with van der Waals surface area (Å²) in [5, 5.41) is 13.9. The zero-order valence-corrected chi connectivity index (χ0v) is 11.4. The molecule has 0 saturated carbocycles. The van der Waals surface area contributed by atoms with Crippen LogP contribution in [0.2, 0.25) is 0 Å². The lowest BCUT2D eigenvalue weighted by Crippen LogP contribution is -2.17. The molecular weight excluding hydrogens is 268 g/mol. The van der Waals surface area contributed by atoms with Crippen LogP contribution in [0.3, 0.4) is 0 Å². The van der Waals surface area contributed by atoms with Gasteiger partial charge >= 0.3 is 0 Å². The van der Waals surface area contributed by atoms with Gasteiger partial charge in [-0.15, -0.1) is 0 Å². The summed E-state index contributed by atoms with van der Waals surface area (Å²) in [4.78, 5) is 4.42. The van der Waals surface area contributed by atoms with Crippen molar-refractivity contribution in [2.45, 2.75) is 0 Å². The number of hydrogen-bond acceptors (Lipinski definition) is 4. The monoisotopic (exact) mass is 282 g/mol. The van der Waals surface area contributed by atoms with Gasteiger partial charge in [0.2, 0.25) is 0 Å². The third-order valence-corrected chi connectivity index (χ3v) is 3.30. The smallest absolute Gasteiger partial charge is 0.187 e. The summed E-state index contributed by atoms with van der Waals surface area (Å²) in [6.45, 7) is 0. The molecule has 0 fully saturated rings. The molecule has 0 amide bonds. The van der Waals surface area contributed by atoms with Gasteiger partial charge in [-0.05, 0) is 35.7 Å². The van der Waals surface area contributed by atoms with Crippen molar-refractivity contribution in [3.63, 3.8) is 0 Å². The van der Waals surface area contributed by atoms with Gasteiger partial charge in [0.25, 0.3) is 0 Å². The quantitative estimate of drug-likeness (QED) is 0.333. The summed E-state index contributed by atoms with van der Waals surface area (Å²) in [6, 6.07) is 11.3. The summed E-state index contributed by atoms with van der Waals surface area (Å²) >= 11 is 0. The van der Waals surface area contributed by atoms with E-state index < -0.39 is 0 Å². The van der Waals surface area contributed by atoms with Crippen LogP contribution in [0.4, 0.5) is 0 Å². The molecule has 3 rings (SSSR count). The molecule has 1 aromatic carbocycles. The van der Waals surface area contributed by atoms with Crippen molar-refractivity contribution in [3.05, 3.63) is 54.5 Å². The second-order valence-corrected chi connectivity index (χ2v) is 4.47. The van der Waals surface area contributed by atoms with Gasteiger partial charge in [-0.25, -0.2) is 4.98 Å². The number of fused-ring (bicyclic) bond motifs is 1. The molecule has 0 aliphatic carbocycles. The van der Waals surface area contributed by atoms with Crippen LogP contribution in [0.25, 0.3) is 16.6 Å². The van der Waals surface area contributed by atoms with Crippen molar-refractivity contribution in [1.82, 2.24) is 9.55 Å². The van der Waals surface area contributed by atoms with Gasteiger partial charge in [0.05, 0.1) is 12.8 Å². The van der Waals surface area contributed by atoms with E-state index in [0.717, 1.165) is 16.5 Å². The topological polar surface area (TPSA) is 85.7 Å². The molecule has 6 heteroatoms. The van der Waals surface area contributed by atoms with E-state index in [1.54, 1.807) is 23.9 Å². The minimum absolute atomic E-state index is 0.0294. The highest BCUT2D eigenvalue weighted by molar-refractivity contribution is 5.97. The third kappa shape index (κ3) is 2.16. The molecule has 0 aliphatic heterocycles. The van der Waals surface area contributed by atoms with Crippen LogP contribution < -0.4 is 10.5 Å². The Labute approximate surface area is 121 Å². The van der Waals surface area contributed by atoms with Gasteiger partial charge < -0.3 is 15.7 Å². The van der Waals surface area contributed by atoms with Crippen molar-refractivity contribution in [2.75, 3.05) is 7.11 Å². The largest absolute Gasteiger partial charge is 0.497 e. The Balaban J connectivity index is 2.28. The molecule has 21 heavy (non-hydrogen) atoms. The summed E-state index contributed by atoms with van der Waals surface area (Å²) < 4.78 is 7.04. The van der Waals surface area contributed by atoms with E-state index in [4.69, 9.17) is 15.7 Å². The highest BCUT2D eigenvalue weighted by atomic mass is 16.5. The highest BCUT2D eigenvalue weighted by Crippen LogP contribution is 2.26. The lowest BCUT2D eigenvalue weighted by atomic mass is 10.1. The third-order valence-electron chi connectivity index (χ3n) is 3.30. The van der Waals surface area contributed by atoms with Crippen LogP contribution in [0.1, 0.15) is 5.69 Å². The average Bonchev–Trinajstić information content (AvgIpc) is 3.02. The fraction of sp³-hybridized carbons (Fsp3) is 0.0667. The van der Waals surface area contributed by atoms with E-state index in [1.807, 2.05) is 36.5 Å². The number of hydrogen-bond donors (Lipinski definition) is 2. The van der Waals surface area contributed by atoms with Gasteiger partial charge in [0.15, 0.2) is 5.84 Å². The summed E-state index contributed by atoms with van der Waals surface area (Å²) in [7, 11) is 1.62. The Morgan fingerprint density at radius 2 is 2.19 bits per heavy atom. The number of rotatable bonds is 3. The maximum Gasteiger partial charge on any atom is 0.187 e. The number of benzene rings is 1. The minimum Gasteiger partial charge on any atom is -0.497 e. The van der Waals surface area contributed by atoms with Gasteiger partial charge in [-0.3, -0.25) is 4.57 Å². The van der Waals surface area contributed by atoms with Gasteiger partial charge in [-0.2, -0.15) is 0 Å². The Hall–Kier alpha value is -3.02. The predicted molar refractivity (Wildman–Crippen MR) is 80.1 cm³/mol. The number of aromatic nitrogens is 2. The van der Waals surface area contributed by atoms with Crippen LogP contribution in [0, 0.1) is 0 Å². The van der Waals surface area contributed by atoms with Crippen molar-refractivity contribution < 1.29 is 9.94 Å². The highest BCUT2D eigenvalue weighted by Gasteiger charge is 2.12. The molecule has 6 nitrogen and oxygen atoms in total. The molecule has 0 saturated heterocycles. The van der Waals surface area contributed by atoms with E-state index in [2.05, 4.69) is 10.1 Å². The molecule has 0 unspecified atom stereocenters. The van der Waals surface area contributed by atoms with Crippen molar-refractivity contribution in [3.8, 4) is 11.6 Å². The van der Waals surface area contributed by atoms with Crippen LogP contribution in [-0.2, 0) is 0 Å². The fourth-order valence-corrected chi connectivity index (χ4v) is 2.28. The molecule has 2 aromatic heterocycles. The summed E-state index contributed by atoms with van der Waals surface area (Å²) in [5.41, 5.74) is 6.27. The van der Waals surface area contributed by atoms with E-state index in [1.165, 1.54) is 0 Å². The van der Waals surface area contributed by atoms with Crippen molar-refractivity contribution >= 4 is 16.6 Å².